The molecule has 0 aromatic rings. The summed E-state index contributed by atoms with van der Waals surface area (Å²) in [5.74, 6) is 2.50. The third kappa shape index (κ3) is 4.01. The number of hydrogen-bond donors (Lipinski definition) is 1. The molecule has 3 aliphatic carbocycles. The lowest BCUT2D eigenvalue weighted by molar-refractivity contribution is -0.0357. The second-order valence-electron chi connectivity index (χ2n) is 11.6. The molecule has 1 N–H and O–H groups in total. The number of fused-ring (bicyclic) bond motifs is 2. The zero-order chi connectivity index (χ0) is 20.8. The van der Waals surface area contributed by atoms with Crippen molar-refractivity contribution in [3.8, 4) is 0 Å². The number of aliphatic hydroxyl groups is 1. The number of aliphatic hydroxyl groups excluding tert-OH is 1. The van der Waals surface area contributed by atoms with Gasteiger partial charge < -0.3 is 9.84 Å². The van der Waals surface area contributed by atoms with E-state index in [0.29, 0.717) is 5.41 Å². The molecule has 0 unspecified atom stereocenters. The first-order valence-electron chi connectivity index (χ1n) is 12.5. The van der Waals surface area contributed by atoms with Gasteiger partial charge in [0.2, 0.25) is 0 Å². The molecular formula is C27H44O2. The number of ether oxygens (including phenoxy) is 1. The maximum Gasteiger partial charge on any atom is 0.0985 e. The van der Waals surface area contributed by atoms with Crippen LogP contribution in [0.15, 0.2) is 22.8 Å². The van der Waals surface area contributed by atoms with E-state index in [1.165, 1.54) is 56.9 Å². The molecule has 4 aliphatic rings. The lowest BCUT2D eigenvalue weighted by atomic mass is 9.64. The third-order valence-electron chi connectivity index (χ3n) is 9.04. The van der Waals surface area contributed by atoms with Crippen molar-refractivity contribution in [2.45, 2.75) is 123 Å². The molecule has 0 spiro atoms. The molecule has 0 saturated heterocycles. The second-order valence-corrected chi connectivity index (χ2v) is 11.6. The average Bonchev–Trinajstić information content (AvgIpc) is 3.18. The van der Waals surface area contributed by atoms with E-state index >= 15 is 0 Å². The van der Waals surface area contributed by atoms with Gasteiger partial charge in [0.1, 0.15) is 0 Å². The molecule has 0 amide bonds. The van der Waals surface area contributed by atoms with Crippen LogP contribution < -0.4 is 0 Å². The SMILES string of the molecule is CC(C)CCC[C@@H](C)[C@H]1CCC2=C([C@H]3C=C4C[C@@H](O)CC[C@@]4(C)O3)CCC[C@@]21C. The summed E-state index contributed by atoms with van der Waals surface area (Å²) in [5, 5.41) is 10.2. The van der Waals surface area contributed by atoms with Gasteiger partial charge in [0.25, 0.3) is 0 Å². The van der Waals surface area contributed by atoms with Crippen molar-refractivity contribution in [3.63, 3.8) is 0 Å². The summed E-state index contributed by atoms with van der Waals surface area (Å²) in [6.07, 6.45) is 15.7. The lowest BCUT2D eigenvalue weighted by Crippen LogP contribution is -2.37. The normalized spacial score (nSPS) is 40.8. The molecule has 2 nitrogen and oxygen atoms in total. The van der Waals surface area contributed by atoms with E-state index < -0.39 is 0 Å². The molecule has 164 valence electrons. The van der Waals surface area contributed by atoms with Crippen LogP contribution in [0.4, 0.5) is 0 Å². The van der Waals surface area contributed by atoms with Gasteiger partial charge >= 0.3 is 0 Å². The molecule has 1 heterocycles. The fraction of sp³-hybridized carbons (Fsp3) is 0.852. The van der Waals surface area contributed by atoms with Gasteiger partial charge in [-0.3, -0.25) is 0 Å². The molecule has 1 aliphatic heterocycles. The smallest absolute Gasteiger partial charge is 0.0985 e. The predicted molar refractivity (Wildman–Crippen MR) is 121 cm³/mol. The van der Waals surface area contributed by atoms with Gasteiger partial charge in [-0.1, -0.05) is 52.5 Å². The average molecular weight is 401 g/mol. The molecule has 29 heavy (non-hydrogen) atoms. The van der Waals surface area contributed by atoms with E-state index in [2.05, 4.69) is 40.7 Å². The fourth-order valence-corrected chi connectivity index (χ4v) is 7.29. The molecule has 0 aromatic carbocycles. The highest BCUT2D eigenvalue weighted by Gasteiger charge is 2.50. The monoisotopic (exact) mass is 400 g/mol. The number of allylic oxidation sites excluding steroid dienone is 1. The van der Waals surface area contributed by atoms with Crippen LogP contribution in [0, 0.1) is 23.2 Å². The van der Waals surface area contributed by atoms with E-state index in [1.54, 1.807) is 11.1 Å². The zero-order valence-electron chi connectivity index (χ0n) is 19.6. The molecular weight excluding hydrogens is 356 g/mol. The highest BCUT2D eigenvalue weighted by Crippen LogP contribution is 2.59. The van der Waals surface area contributed by atoms with E-state index in [9.17, 15) is 5.11 Å². The summed E-state index contributed by atoms with van der Waals surface area (Å²) >= 11 is 0. The van der Waals surface area contributed by atoms with Crippen LogP contribution >= 0.6 is 0 Å². The minimum atomic E-state index is -0.173. The van der Waals surface area contributed by atoms with Gasteiger partial charge in [-0.2, -0.15) is 0 Å². The van der Waals surface area contributed by atoms with Crippen LogP contribution in [0.1, 0.15) is 105 Å². The topological polar surface area (TPSA) is 29.5 Å². The van der Waals surface area contributed by atoms with Gasteiger partial charge in [-0.05, 0) is 98.7 Å². The van der Waals surface area contributed by atoms with Crippen molar-refractivity contribution in [1.29, 1.82) is 0 Å². The van der Waals surface area contributed by atoms with Gasteiger partial charge in [-0.25, -0.2) is 0 Å². The maximum absolute atomic E-state index is 10.2. The number of hydrogen-bond acceptors (Lipinski definition) is 2. The Morgan fingerprint density at radius 3 is 2.66 bits per heavy atom. The van der Waals surface area contributed by atoms with Crippen LogP contribution in [0.2, 0.25) is 0 Å². The van der Waals surface area contributed by atoms with Gasteiger partial charge in [0, 0.05) is 0 Å². The van der Waals surface area contributed by atoms with Crippen molar-refractivity contribution in [1.82, 2.24) is 0 Å². The summed E-state index contributed by atoms with van der Waals surface area (Å²) in [6.45, 7) is 12.1. The first-order chi connectivity index (χ1) is 13.7. The van der Waals surface area contributed by atoms with Crippen LogP contribution in [-0.2, 0) is 4.74 Å². The Balaban J connectivity index is 1.53. The Kier molecular flexibility index (Phi) is 6.08. The molecule has 2 saturated carbocycles. The molecule has 0 bridgehead atoms. The van der Waals surface area contributed by atoms with Crippen LogP contribution in [-0.4, -0.2) is 22.9 Å². The Morgan fingerprint density at radius 2 is 1.90 bits per heavy atom. The molecule has 0 radical (unpaired) electrons. The minimum absolute atomic E-state index is 0.131. The van der Waals surface area contributed by atoms with Crippen molar-refractivity contribution in [3.05, 3.63) is 22.8 Å². The largest absolute Gasteiger partial charge is 0.393 e. The third-order valence-corrected chi connectivity index (χ3v) is 9.04. The molecule has 6 atom stereocenters. The van der Waals surface area contributed by atoms with Crippen molar-refractivity contribution in [2.24, 2.45) is 23.2 Å². The Labute approximate surface area is 179 Å². The van der Waals surface area contributed by atoms with E-state index in [4.69, 9.17) is 4.74 Å². The maximum atomic E-state index is 10.2. The second kappa shape index (κ2) is 8.15. The Bertz CT molecular complexity index is 674. The Hall–Kier alpha value is -0.600. The first kappa shape index (κ1) is 21.6. The summed E-state index contributed by atoms with van der Waals surface area (Å²) in [4.78, 5) is 0. The summed E-state index contributed by atoms with van der Waals surface area (Å²) in [5.41, 5.74) is 4.99. The predicted octanol–water partition coefficient (Wildman–Crippen LogP) is 6.97. The van der Waals surface area contributed by atoms with Crippen LogP contribution in [0.3, 0.4) is 0 Å². The van der Waals surface area contributed by atoms with E-state index in [0.717, 1.165) is 37.0 Å². The van der Waals surface area contributed by atoms with E-state index in [1.807, 2.05) is 0 Å². The summed E-state index contributed by atoms with van der Waals surface area (Å²) in [7, 11) is 0. The van der Waals surface area contributed by atoms with Crippen LogP contribution in [0.25, 0.3) is 0 Å². The zero-order valence-corrected chi connectivity index (χ0v) is 19.6. The van der Waals surface area contributed by atoms with E-state index in [-0.39, 0.29) is 17.8 Å². The molecule has 0 aromatic heterocycles. The highest BCUT2D eigenvalue weighted by atomic mass is 16.5. The fourth-order valence-electron chi connectivity index (χ4n) is 7.29. The summed E-state index contributed by atoms with van der Waals surface area (Å²) in [6, 6.07) is 0. The standard InChI is InChI=1S/C27H44O2/c1-18(2)8-6-9-19(3)23-11-12-24-22(10-7-14-26(23,24)4)25-17-20-16-21(28)13-15-27(20,5)29-25/h17-19,21,23,25,28H,6-16H2,1-5H3/t19-,21+,23-,25-,26-,27-/m1/s1. The summed E-state index contributed by atoms with van der Waals surface area (Å²) < 4.78 is 6.72. The van der Waals surface area contributed by atoms with Crippen LogP contribution in [0.5, 0.6) is 0 Å². The lowest BCUT2D eigenvalue weighted by Gasteiger charge is -2.42. The molecule has 2 heteroatoms. The number of rotatable bonds is 6. The first-order valence-corrected chi connectivity index (χ1v) is 12.5. The Morgan fingerprint density at radius 1 is 1.10 bits per heavy atom. The quantitative estimate of drug-likeness (QED) is 0.488. The highest BCUT2D eigenvalue weighted by molar-refractivity contribution is 5.39. The van der Waals surface area contributed by atoms with Crippen molar-refractivity contribution < 1.29 is 9.84 Å². The van der Waals surface area contributed by atoms with Gasteiger partial charge in [0.05, 0.1) is 17.8 Å². The van der Waals surface area contributed by atoms with Crippen molar-refractivity contribution >= 4 is 0 Å². The van der Waals surface area contributed by atoms with Crippen molar-refractivity contribution in [2.75, 3.05) is 0 Å². The minimum Gasteiger partial charge on any atom is -0.393 e. The molecule has 2 fully saturated rings. The van der Waals surface area contributed by atoms with Gasteiger partial charge in [0.15, 0.2) is 0 Å². The molecule has 4 rings (SSSR count). The van der Waals surface area contributed by atoms with Gasteiger partial charge in [-0.15, -0.1) is 0 Å².